The van der Waals surface area contributed by atoms with Crippen LogP contribution in [-0.2, 0) is 5.75 Å². The summed E-state index contributed by atoms with van der Waals surface area (Å²) in [6, 6.07) is 3.85. The Hall–Kier alpha value is -1.03. The molecule has 1 aliphatic heterocycles. The zero-order chi connectivity index (χ0) is 10.7. The molecule has 0 saturated heterocycles. The van der Waals surface area contributed by atoms with Crippen molar-refractivity contribution in [1.82, 2.24) is 0 Å². The minimum Gasteiger partial charge on any atom is -0.486 e. The second kappa shape index (κ2) is 4.66. The molecule has 1 aliphatic rings. The predicted octanol–water partition coefficient (Wildman–Crippen LogP) is 2.29. The number of hydrogen-bond donors (Lipinski definition) is 1. The average molecular weight is 225 g/mol. The van der Waals surface area contributed by atoms with E-state index in [0.29, 0.717) is 13.2 Å². The Morgan fingerprint density at radius 1 is 1.27 bits per heavy atom. The summed E-state index contributed by atoms with van der Waals surface area (Å²) in [5.41, 5.74) is 7.86. The molecule has 15 heavy (non-hydrogen) atoms. The minimum absolute atomic E-state index is 0.607. The lowest BCUT2D eigenvalue weighted by atomic mass is 10.2. The van der Waals surface area contributed by atoms with Crippen LogP contribution in [0.1, 0.15) is 12.5 Å². The molecule has 2 N–H and O–H groups in total. The first-order valence-electron chi connectivity index (χ1n) is 5.07. The molecule has 0 aromatic heterocycles. The molecule has 1 aromatic rings. The van der Waals surface area contributed by atoms with Gasteiger partial charge >= 0.3 is 0 Å². The summed E-state index contributed by atoms with van der Waals surface area (Å²) in [5, 5.41) is 0. The van der Waals surface area contributed by atoms with E-state index < -0.39 is 0 Å². The molecule has 0 fully saturated rings. The van der Waals surface area contributed by atoms with E-state index in [-0.39, 0.29) is 0 Å². The van der Waals surface area contributed by atoms with Gasteiger partial charge in [0.05, 0.1) is 0 Å². The van der Waals surface area contributed by atoms with E-state index in [4.69, 9.17) is 15.2 Å². The molecule has 2 rings (SSSR count). The van der Waals surface area contributed by atoms with Gasteiger partial charge in [0.2, 0.25) is 0 Å². The van der Waals surface area contributed by atoms with Crippen molar-refractivity contribution in [2.75, 3.05) is 24.7 Å². The Morgan fingerprint density at radius 3 is 2.60 bits per heavy atom. The number of nitrogen functional groups attached to an aromatic ring is 1. The Bertz CT molecular complexity index is 355. The van der Waals surface area contributed by atoms with E-state index in [0.717, 1.165) is 34.3 Å². The number of rotatable bonds is 3. The van der Waals surface area contributed by atoms with Crippen molar-refractivity contribution in [3.8, 4) is 11.5 Å². The lowest BCUT2D eigenvalue weighted by Crippen LogP contribution is -2.15. The summed E-state index contributed by atoms with van der Waals surface area (Å²) < 4.78 is 11.0. The monoisotopic (exact) mass is 225 g/mol. The number of benzene rings is 1. The molecule has 4 heteroatoms. The highest BCUT2D eigenvalue weighted by Gasteiger charge is 2.14. The normalized spacial score (nSPS) is 13.9. The van der Waals surface area contributed by atoms with Crippen molar-refractivity contribution >= 4 is 17.4 Å². The Kier molecular flexibility index (Phi) is 3.26. The molecule has 3 nitrogen and oxygen atoms in total. The van der Waals surface area contributed by atoms with Gasteiger partial charge in [-0.15, -0.1) is 0 Å². The molecular formula is C11H15NO2S. The lowest BCUT2D eigenvalue weighted by Gasteiger charge is -2.20. The van der Waals surface area contributed by atoms with Crippen molar-refractivity contribution in [2.45, 2.75) is 12.7 Å². The van der Waals surface area contributed by atoms with Crippen LogP contribution in [0.25, 0.3) is 0 Å². The SMILES string of the molecule is CCSCc1cc2c(cc1N)OCCO2. The van der Waals surface area contributed by atoms with Crippen LogP contribution in [0.4, 0.5) is 5.69 Å². The van der Waals surface area contributed by atoms with E-state index >= 15 is 0 Å². The molecule has 0 spiro atoms. The van der Waals surface area contributed by atoms with E-state index in [9.17, 15) is 0 Å². The number of ether oxygens (including phenoxy) is 2. The molecule has 0 saturated carbocycles. The first-order chi connectivity index (χ1) is 7.31. The summed E-state index contributed by atoms with van der Waals surface area (Å²) >= 11 is 1.85. The summed E-state index contributed by atoms with van der Waals surface area (Å²) in [4.78, 5) is 0. The average Bonchev–Trinajstić information content (AvgIpc) is 2.26. The Labute approximate surface area is 93.9 Å². The number of fused-ring (bicyclic) bond motifs is 1. The molecule has 0 amide bonds. The van der Waals surface area contributed by atoms with Gasteiger partial charge in [-0.2, -0.15) is 11.8 Å². The van der Waals surface area contributed by atoms with E-state index in [2.05, 4.69) is 6.92 Å². The summed E-state index contributed by atoms with van der Waals surface area (Å²) in [6.45, 7) is 3.37. The van der Waals surface area contributed by atoms with Gasteiger partial charge in [-0.25, -0.2) is 0 Å². The molecule has 0 aliphatic carbocycles. The van der Waals surface area contributed by atoms with E-state index in [1.165, 1.54) is 0 Å². The van der Waals surface area contributed by atoms with Gasteiger partial charge in [0.25, 0.3) is 0 Å². The van der Waals surface area contributed by atoms with Gasteiger partial charge in [0.1, 0.15) is 13.2 Å². The van der Waals surface area contributed by atoms with Crippen LogP contribution in [0, 0.1) is 0 Å². The second-order valence-corrected chi connectivity index (χ2v) is 4.61. The quantitative estimate of drug-likeness (QED) is 0.802. The maximum atomic E-state index is 5.94. The van der Waals surface area contributed by atoms with Crippen molar-refractivity contribution in [2.24, 2.45) is 0 Å². The van der Waals surface area contributed by atoms with Gasteiger partial charge in [0.15, 0.2) is 11.5 Å². The van der Waals surface area contributed by atoms with Crippen LogP contribution < -0.4 is 15.2 Å². The highest BCUT2D eigenvalue weighted by atomic mass is 32.2. The van der Waals surface area contributed by atoms with E-state index in [1.807, 2.05) is 23.9 Å². The number of anilines is 1. The second-order valence-electron chi connectivity index (χ2n) is 3.33. The molecule has 1 heterocycles. The third-order valence-corrected chi connectivity index (χ3v) is 3.19. The van der Waals surface area contributed by atoms with Crippen LogP contribution in [0.15, 0.2) is 12.1 Å². The highest BCUT2D eigenvalue weighted by Crippen LogP contribution is 2.35. The van der Waals surface area contributed by atoms with Crippen LogP contribution in [0.5, 0.6) is 11.5 Å². The Balaban J connectivity index is 2.24. The lowest BCUT2D eigenvalue weighted by molar-refractivity contribution is 0.171. The van der Waals surface area contributed by atoms with Gasteiger partial charge in [-0.1, -0.05) is 6.92 Å². The zero-order valence-electron chi connectivity index (χ0n) is 8.79. The molecule has 82 valence electrons. The first kappa shape index (κ1) is 10.5. The topological polar surface area (TPSA) is 44.5 Å². The fraction of sp³-hybridized carbons (Fsp3) is 0.455. The van der Waals surface area contributed by atoms with Crippen LogP contribution in [-0.4, -0.2) is 19.0 Å². The predicted molar refractivity (Wildman–Crippen MR) is 63.7 cm³/mol. The third-order valence-electron chi connectivity index (χ3n) is 2.27. The van der Waals surface area contributed by atoms with Crippen molar-refractivity contribution in [1.29, 1.82) is 0 Å². The first-order valence-corrected chi connectivity index (χ1v) is 6.22. The van der Waals surface area contributed by atoms with Crippen LogP contribution >= 0.6 is 11.8 Å². The smallest absolute Gasteiger partial charge is 0.163 e. The fourth-order valence-electron chi connectivity index (χ4n) is 1.48. The van der Waals surface area contributed by atoms with E-state index in [1.54, 1.807) is 0 Å². The molecule has 0 bridgehead atoms. The van der Waals surface area contributed by atoms with Crippen LogP contribution in [0.2, 0.25) is 0 Å². The largest absolute Gasteiger partial charge is 0.486 e. The van der Waals surface area contributed by atoms with Gasteiger partial charge in [0, 0.05) is 17.5 Å². The number of nitrogens with two attached hydrogens (primary N) is 1. The van der Waals surface area contributed by atoms with Crippen molar-refractivity contribution in [3.63, 3.8) is 0 Å². The maximum Gasteiger partial charge on any atom is 0.163 e. The van der Waals surface area contributed by atoms with Crippen molar-refractivity contribution in [3.05, 3.63) is 17.7 Å². The van der Waals surface area contributed by atoms with Crippen LogP contribution in [0.3, 0.4) is 0 Å². The molecule has 1 aromatic carbocycles. The standard InChI is InChI=1S/C11H15NO2S/c1-2-15-7-8-5-10-11(6-9(8)12)14-4-3-13-10/h5-6H,2-4,7,12H2,1H3. The molecule has 0 radical (unpaired) electrons. The Morgan fingerprint density at radius 2 is 1.93 bits per heavy atom. The fourth-order valence-corrected chi connectivity index (χ4v) is 2.16. The molecular weight excluding hydrogens is 210 g/mol. The third kappa shape index (κ3) is 2.31. The summed E-state index contributed by atoms with van der Waals surface area (Å²) in [7, 11) is 0. The van der Waals surface area contributed by atoms with Gasteiger partial charge in [-0.3, -0.25) is 0 Å². The number of thioether (sulfide) groups is 1. The van der Waals surface area contributed by atoms with Crippen molar-refractivity contribution < 1.29 is 9.47 Å². The summed E-state index contributed by atoms with van der Waals surface area (Å²) in [5.74, 6) is 3.61. The minimum atomic E-state index is 0.607. The summed E-state index contributed by atoms with van der Waals surface area (Å²) in [6.07, 6.45) is 0. The zero-order valence-corrected chi connectivity index (χ0v) is 9.60. The van der Waals surface area contributed by atoms with Gasteiger partial charge < -0.3 is 15.2 Å². The molecule has 0 atom stereocenters. The number of hydrogen-bond acceptors (Lipinski definition) is 4. The maximum absolute atomic E-state index is 5.94. The van der Waals surface area contributed by atoms with Gasteiger partial charge in [-0.05, 0) is 17.4 Å². The molecule has 0 unspecified atom stereocenters. The highest BCUT2D eigenvalue weighted by molar-refractivity contribution is 7.98.